The maximum atomic E-state index is 12.8. The van der Waals surface area contributed by atoms with Gasteiger partial charge in [0.25, 0.3) is 11.8 Å². The molecule has 2 aromatic rings. The molecule has 0 spiro atoms. The van der Waals surface area contributed by atoms with E-state index >= 15 is 0 Å². The molecule has 2 fully saturated rings. The highest BCUT2D eigenvalue weighted by Crippen LogP contribution is 2.21. The maximum absolute atomic E-state index is 12.8. The summed E-state index contributed by atoms with van der Waals surface area (Å²) in [5, 5.41) is 2.83. The smallest absolute Gasteiger partial charge is 0.253 e. The van der Waals surface area contributed by atoms with Crippen molar-refractivity contribution in [3.63, 3.8) is 0 Å². The Morgan fingerprint density at radius 3 is 2.16 bits per heavy atom. The van der Waals surface area contributed by atoms with Gasteiger partial charge < -0.3 is 10.2 Å². The van der Waals surface area contributed by atoms with Gasteiger partial charge in [0.1, 0.15) is 0 Å². The maximum Gasteiger partial charge on any atom is 0.253 e. The average Bonchev–Trinajstić information content (AvgIpc) is 3.39. The summed E-state index contributed by atoms with van der Waals surface area (Å²) in [6.07, 6.45) is 5.01. The highest BCUT2D eigenvalue weighted by molar-refractivity contribution is 7.89. The van der Waals surface area contributed by atoms with Crippen molar-refractivity contribution in [1.82, 2.24) is 14.5 Å². The minimum Gasteiger partial charge on any atom is -0.348 e. The summed E-state index contributed by atoms with van der Waals surface area (Å²) < 4.78 is 27.0. The van der Waals surface area contributed by atoms with Crippen LogP contribution in [0.25, 0.3) is 0 Å². The molecule has 0 bridgehead atoms. The molecule has 2 aliphatic rings. The third-order valence-corrected chi connectivity index (χ3v) is 7.99. The van der Waals surface area contributed by atoms with Crippen molar-refractivity contribution >= 4 is 21.8 Å². The molecule has 0 atom stereocenters. The Balaban J connectivity index is 1.37. The Morgan fingerprint density at radius 2 is 1.47 bits per heavy atom. The second-order valence-electron chi connectivity index (χ2n) is 8.37. The summed E-state index contributed by atoms with van der Waals surface area (Å²) in [7, 11) is -3.57. The van der Waals surface area contributed by atoms with Gasteiger partial charge in [-0.2, -0.15) is 4.31 Å². The number of rotatable bonds is 6. The normalized spacial score (nSPS) is 17.3. The van der Waals surface area contributed by atoms with Crippen molar-refractivity contribution in [2.24, 2.45) is 0 Å². The van der Waals surface area contributed by atoms with Crippen LogP contribution in [0.5, 0.6) is 0 Å². The zero-order chi connectivity index (χ0) is 22.6. The Kier molecular flexibility index (Phi) is 6.91. The van der Waals surface area contributed by atoms with Gasteiger partial charge >= 0.3 is 0 Å². The molecule has 2 aliphatic heterocycles. The Morgan fingerprint density at radius 1 is 0.812 bits per heavy atom. The van der Waals surface area contributed by atoms with E-state index in [-0.39, 0.29) is 16.7 Å². The minimum absolute atomic E-state index is 0.0521. The molecule has 0 radical (unpaired) electrons. The van der Waals surface area contributed by atoms with Crippen LogP contribution in [-0.4, -0.2) is 55.6 Å². The Bertz CT molecular complexity index is 1070. The molecule has 8 heteroatoms. The number of hydrogen-bond donors (Lipinski definition) is 1. The number of sulfonamides is 1. The highest BCUT2D eigenvalue weighted by atomic mass is 32.2. The van der Waals surface area contributed by atoms with Gasteiger partial charge in [-0.05, 0) is 68.0 Å². The molecule has 7 nitrogen and oxygen atoms in total. The summed E-state index contributed by atoms with van der Waals surface area (Å²) in [6.45, 7) is 2.95. The quantitative estimate of drug-likeness (QED) is 0.725. The molecular weight excluding hydrogens is 426 g/mol. The standard InChI is InChI=1S/C24H29N3O4S/c28-23(21-7-6-8-22(17-21)32(30,31)27-15-4-5-16-27)25-18-19-9-11-20(12-10-19)24(29)26-13-2-1-3-14-26/h6-12,17H,1-5,13-16,18H2,(H,25,28). The molecule has 32 heavy (non-hydrogen) atoms. The average molecular weight is 456 g/mol. The van der Waals surface area contributed by atoms with Crippen LogP contribution in [-0.2, 0) is 16.6 Å². The number of nitrogens with zero attached hydrogens (tertiary/aromatic N) is 2. The van der Waals surface area contributed by atoms with Crippen LogP contribution in [0.1, 0.15) is 58.4 Å². The second-order valence-corrected chi connectivity index (χ2v) is 10.3. The van der Waals surface area contributed by atoms with E-state index in [1.54, 1.807) is 24.3 Å². The lowest BCUT2D eigenvalue weighted by Crippen LogP contribution is -2.35. The van der Waals surface area contributed by atoms with Gasteiger partial charge in [0.15, 0.2) is 0 Å². The van der Waals surface area contributed by atoms with Gasteiger partial charge in [-0.25, -0.2) is 8.42 Å². The van der Waals surface area contributed by atoms with E-state index in [1.165, 1.54) is 22.9 Å². The number of carbonyl (C=O) groups excluding carboxylic acids is 2. The Labute approximate surface area is 189 Å². The molecule has 2 heterocycles. The van der Waals surface area contributed by atoms with E-state index in [0.29, 0.717) is 30.8 Å². The first-order chi connectivity index (χ1) is 15.4. The predicted octanol–water partition coefficient (Wildman–Crippen LogP) is 3.03. The largest absolute Gasteiger partial charge is 0.348 e. The number of nitrogens with one attached hydrogen (secondary N) is 1. The minimum atomic E-state index is -3.57. The van der Waals surface area contributed by atoms with Gasteiger partial charge in [0.2, 0.25) is 10.0 Å². The summed E-state index contributed by atoms with van der Waals surface area (Å²) >= 11 is 0. The molecule has 4 rings (SSSR count). The predicted molar refractivity (Wildman–Crippen MR) is 122 cm³/mol. The van der Waals surface area contributed by atoms with E-state index in [1.807, 2.05) is 17.0 Å². The molecule has 0 unspecified atom stereocenters. The molecule has 0 aromatic heterocycles. The lowest BCUT2D eigenvalue weighted by molar-refractivity contribution is 0.0724. The van der Waals surface area contributed by atoms with E-state index in [0.717, 1.165) is 44.3 Å². The molecular formula is C24H29N3O4S. The zero-order valence-corrected chi connectivity index (χ0v) is 18.9. The fourth-order valence-corrected chi connectivity index (χ4v) is 5.77. The number of carbonyl (C=O) groups is 2. The molecule has 170 valence electrons. The monoisotopic (exact) mass is 455 g/mol. The van der Waals surface area contributed by atoms with Crippen LogP contribution < -0.4 is 5.32 Å². The lowest BCUT2D eigenvalue weighted by atomic mass is 10.1. The van der Waals surface area contributed by atoms with Crippen LogP contribution in [0.2, 0.25) is 0 Å². The van der Waals surface area contributed by atoms with Crippen molar-refractivity contribution in [1.29, 1.82) is 0 Å². The van der Waals surface area contributed by atoms with Crippen molar-refractivity contribution in [3.05, 3.63) is 65.2 Å². The first-order valence-electron chi connectivity index (χ1n) is 11.2. The number of benzene rings is 2. The molecule has 1 N–H and O–H groups in total. The van der Waals surface area contributed by atoms with Gasteiger partial charge in [-0.1, -0.05) is 18.2 Å². The number of piperidine rings is 1. The molecule has 0 saturated carbocycles. The van der Waals surface area contributed by atoms with Gasteiger partial charge in [0.05, 0.1) is 4.90 Å². The van der Waals surface area contributed by atoms with Gasteiger partial charge in [-0.3, -0.25) is 9.59 Å². The van der Waals surface area contributed by atoms with Crippen molar-refractivity contribution in [2.75, 3.05) is 26.2 Å². The topological polar surface area (TPSA) is 86.8 Å². The van der Waals surface area contributed by atoms with Crippen LogP contribution >= 0.6 is 0 Å². The van der Waals surface area contributed by atoms with Crippen LogP contribution in [0.4, 0.5) is 0 Å². The van der Waals surface area contributed by atoms with Gasteiger partial charge in [0, 0.05) is 43.9 Å². The number of hydrogen-bond acceptors (Lipinski definition) is 4. The molecule has 2 amide bonds. The van der Waals surface area contributed by atoms with E-state index < -0.39 is 10.0 Å². The summed E-state index contributed by atoms with van der Waals surface area (Å²) in [4.78, 5) is 27.2. The second kappa shape index (κ2) is 9.83. The van der Waals surface area contributed by atoms with Crippen molar-refractivity contribution in [2.45, 2.75) is 43.5 Å². The summed E-state index contributed by atoms with van der Waals surface area (Å²) in [5.74, 6) is -0.284. The molecule has 2 aromatic carbocycles. The van der Waals surface area contributed by atoms with E-state index in [9.17, 15) is 18.0 Å². The number of amides is 2. The number of likely N-dealkylation sites (tertiary alicyclic amines) is 1. The fourth-order valence-electron chi connectivity index (χ4n) is 4.20. The van der Waals surface area contributed by atoms with Crippen LogP contribution in [0.15, 0.2) is 53.4 Å². The SMILES string of the molecule is O=C(NCc1ccc(C(=O)N2CCCCC2)cc1)c1cccc(S(=O)(=O)N2CCCC2)c1. The molecule has 2 saturated heterocycles. The third kappa shape index (κ3) is 5.02. The van der Waals surface area contributed by atoms with Crippen molar-refractivity contribution in [3.8, 4) is 0 Å². The fraction of sp³-hybridized carbons (Fsp3) is 0.417. The highest BCUT2D eigenvalue weighted by Gasteiger charge is 2.27. The van der Waals surface area contributed by atoms with Gasteiger partial charge in [-0.15, -0.1) is 0 Å². The van der Waals surface area contributed by atoms with E-state index in [2.05, 4.69) is 5.32 Å². The first-order valence-corrected chi connectivity index (χ1v) is 12.7. The lowest BCUT2D eigenvalue weighted by Gasteiger charge is -2.26. The third-order valence-electron chi connectivity index (χ3n) is 6.10. The van der Waals surface area contributed by atoms with E-state index in [4.69, 9.17) is 0 Å². The Hall–Kier alpha value is -2.71. The summed E-state index contributed by atoms with van der Waals surface area (Å²) in [6, 6.07) is 13.4. The summed E-state index contributed by atoms with van der Waals surface area (Å²) in [5.41, 5.74) is 1.83. The first kappa shape index (κ1) is 22.5. The van der Waals surface area contributed by atoms with Crippen molar-refractivity contribution < 1.29 is 18.0 Å². The van der Waals surface area contributed by atoms with Crippen LogP contribution in [0, 0.1) is 0 Å². The molecule has 0 aliphatic carbocycles. The van der Waals surface area contributed by atoms with Crippen LogP contribution in [0.3, 0.4) is 0 Å². The zero-order valence-electron chi connectivity index (χ0n) is 18.1.